The molecule has 1 aromatic heterocycles. The molecule has 0 amide bonds. The molecular formula is C17H21NO2. The zero-order chi connectivity index (χ0) is 14.7. The Morgan fingerprint density at radius 1 is 0.950 bits per heavy atom. The van der Waals surface area contributed by atoms with Gasteiger partial charge in [-0.05, 0) is 38.8 Å². The second kappa shape index (κ2) is 5.95. The van der Waals surface area contributed by atoms with Crippen LogP contribution >= 0.6 is 0 Å². The van der Waals surface area contributed by atoms with Crippen LogP contribution < -0.4 is 9.47 Å². The van der Waals surface area contributed by atoms with Crippen molar-refractivity contribution in [3.05, 3.63) is 52.3 Å². The molecule has 106 valence electrons. The Morgan fingerprint density at radius 3 is 2.20 bits per heavy atom. The number of hydrogen-bond acceptors (Lipinski definition) is 3. The van der Waals surface area contributed by atoms with Gasteiger partial charge in [-0.25, -0.2) is 0 Å². The van der Waals surface area contributed by atoms with Crippen molar-refractivity contribution in [1.82, 2.24) is 4.98 Å². The van der Waals surface area contributed by atoms with Crippen molar-refractivity contribution in [3.8, 4) is 11.5 Å². The molecule has 0 N–H and O–H groups in total. The van der Waals surface area contributed by atoms with Crippen LogP contribution in [0.25, 0.3) is 0 Å². The summed E-state index contributed by atoms with van der Waals surface area (Å²) in [5.41, 5.74) is 5.28. The maximum atomic E-state index is 5.96. The lowest BCUT2D eigenvalue weighted by molar-refractivity contribution is 0.294. The lowest BCUT2D eigenvalue weighted by Gasteiger charge is -2.15. The molecule has 3 heteroatoms. The number of methoxy groups -OCH3 is 1. The molecule has 20 heavy (non-hydrogen) atoms. The number of ether oxygens (including phenoxy) is 2. The molecule has 2 aromatic rings. The Kier molecular flexibility index (Phi) is 4.28. The van der Waals surface area contributed by atoms with Crippen molar-refractivity contribution in [2.75, 3.05) is 7.11 Å². The fourth-order valence-corrected chi connectivity index (χ4v) is 2.38. The number of hydrogen-bond donors (Lipinski definition) is 0. The first-order valence-corrected chi connectivity index (χ1v) is 6.72. The highest BCUT2D eigenvalue weighted by molar-refractivity contribution is 5.42. The summed E-state index contributed by atoms with van der Waals surface area (Å²) in [5.74, 6) is 1.83. The first-order valence-electron chi connectivity index (χ1n) is 6.72. The summed E-state index contributed by atoms with van der Waals surface area (Å²) in [6.07, 6.45) is 1.83. The maximum Gasteiger partial charge on any atom is 0.131 e. The van der Waals surface area contributed by atoms with Gasteiger partial charge in [0.1, 0.15) is 18.1 Å². The van der Waals surface area contributed by atoms with E-state index in [1.165, 1.54) is 0 Å². The van der Waals surface area contributed by atoms with Gasteiger partial charge < -0.3 is 9.47 Å². The molecule has 0 unspecified atom stereocenters. The third-order valence-electron chi connectivity index (χ3n) is 3.51. The Balaban J connectivity index is 2.24. The van der Waals surface area contributed by atoms with E-state index >= 15 is 0 Å². The lowest BCUT2D eigenvalue weighted by atomic mass is 10.1. The highest BCUT2D eigenvalue weighted by Gasteiger charge is 2.11. The van der Waals surface area contributed by atoms with E-state index in [0.717, 1.165) is 39.4 Å². The Hall–Kier alpha value is -2.03. The first-order chi connectivity index (χ1) is 9.54. The number of rotatable bonds is 4. The molecule has 0 aliphatic heterocycles. The molecule has 0 saturated heterocycles. The smallest absolute Gasteiger partial charge is 0.131 e. The molecular weight excluding hydrogens is 250 g/mol. The van der Waals surface area contributed by atoms with Gasteiger partial charge in [-0.1, -0.05) is 18.2 Å². The molecule has 0 bridgehead atoms. The third-order valence-corrected chi connectivity index (χ3v) is 3.51. The van der Waals surface area contributed by atoms with E-state index in [-0.39, 0.29) is 0 Å². The Labute approximate surface area is 120 Å². The van der Waals surface area contributed by atoms with Gasteiger partial charge in [-0.3, -0.25) is 4.98 Å². The van der Waals surface area contributed by atoms with Crippen LogP contribution in [-0.4, -0.2) is 12.1 Å². The number of pyridine rings is 1. The highest BCUT2D eigenvalue weighted by atomic mass is 16.5. The monoisotopic (exact) mass is 271 g/mol. The van der Waals surface area contributed by atoms with Crippen molar-refractivity contribution in [3.63, 3.8) is 0 Å². The van der Waals surface area contributed by atoms with E-state index in [9.17, 15) is 0 Å². The SMILES string of the molecule is COc1c(C)cnc(COc2c(C)cccc2C)c1C. The molecule has 0 atom stereocenters. The maximum absolute atomic E-state index is 5.96. The van der Waals surface area contributed by atoms with Crippen LogP contribution in [0.15, 0.2) is 24.4 Å². The standard InChI is InChI=1S/C17H21NO2/c1-11-7-6-8-12(2)16(11)20-10-15-14(4)17(19-5)13(3)9-18-15/h6-9H,10H2,1-5H3. The average molecular weight is 271 g/mol. The summed E-state index contributed by atoms with van der Waals surface area (Å²) in [5, 5.41) is 0. The minimum Gasteiger partial charge on any atom is -0.496 e. The van der Waals surface area contributed by atoms with E-state index < -0.39 is 0 Å². The summed E-state index contributed by atoms with van der Waals surface area (Å²) in [6, 6.07) is 6.15. The molecule has 3 nitrogen and oxygen atoms in total. The van der Waals surface area contributed by atoms with Gasteiger partial charge in [-0.2, -0.15) is 0 Å². The topological polar surface area (TPSA) is 31.4 Å². The second-order valence-corrected chi connectivity index (χ2v) is 5.06. The minimum atomic E-state index is 0.453. The van der Waals surface area contributed by atoms with Gasteiger partial charge in [0.25, 0.3) is 0 Å². The predicted octanol–water partition coefficient (Wildman–Crippen LogP) is 3.90. The molecule has 0 saturated carbocycles. The van der Waals surface area contributed by atoms with Crippen LogP contribution in [0.5, 0.6) is 11.5 Å². The normalized spacial score (nSPS) is 10.4. The van der Waals surface area contributed by atoms with Crippen molar-refractivity contribution < 1.29 is 9.47 Å². The fraction of sp³-hybridized carbons (Fsp3) is 0.353. The molecule has 1 heterocycles. The van der Waals surface area contributed by atoms with Crippen LogP contribution in [0.4, 0.5) is 0 Å². The number of benzene rings is 1. The quantitative estimate of drug-likeness (QED) is 0.845. The molecule has 2 rings (SSSR count). The molecule has 1 aromatic carbocycles. The summed E-state index contributed by atoms with van der Waals surface area (Å²) in [6.45, 7) is 8.57. The van der Waals surface area contributed by atoms with Gasteiger partial charge >= 0.3 is 0 Å². The molecule has 0 fully saturated rings. The van der Waals surface area contributed by atoms with E-state index in [1.54, 1.807) is 7.11 Å². The van der Waals surface area contributed by atoms with Crippen molar-refractivity contribution >= 4 is 0 Å². The van der Waals surface area contributed by atoms with Crippen LogP contribution in [0.3, 0.4) is 0 Å². The summed E-state index contributed by atoms with van der Waals surface area (Å²) in [4.78, 5) is 4.46. The van der Waals surface area contributed by atoms with E-state index in [0.29, 0.717) is 6.61 Å². The lowest BCUT2D eigenvalue weighted by Crippen LogP contribution is -2.05. The molecule has 0 aliphatic carbocycles. The summed E-state index contributed by atoms with van der Waals surface area (Å²) in [7, 11) is 1.69. The van der Waals surface area contributed by atoms with E-state index in [4.69, 9.17) is 9.47 Å². The van der Waals surface area contributed by atoms with Gasteiger partial charge in [0.2, 0.25) is 0 Å². The number of aromatic nitrogens is 1. The van der Waals surface area contributed by atoms with Crippen molar-refractivity contribution in [2.24, 2.45) is 0 Å². The number of aryl methyl sites for hydroxylation is 3. The Bertz CT molecular complexity index is 600. The largest absolute Gasteiger partial charge is 0.496 e. The summed E-state index contributed by atoms with van der Waals surface area (Å²) >= 11 is 0. The van der Waals surface area contributed by atoms with Crippen LogP contribution in [-0.2, 0) is 6.61 Å². The third kappa shape index (κ3) is 2.77. The highest BCUT2D eigenvalue weighted by Crippen LogP contribution is 2.27. The number of para-hydroxylation sites is 1. The van der Waals surface area contributed by atoms with Gasteiger partial charge in [-0.15, -0.1) is 0 Å². The van der Waals surface area contributed by atoms with Gasteiger partial charge in [0, 0.05) is 17.3 Å². The zero-order valence-electron chi connectivity index (χ0n) is 12.8. The van der Waals surface area contributed by atoms with E-state index in [1.807, 2.05) is 26.1 Å². The first kappa shape index (κ1) is 14.4. The molecule has 0 spiro atoms. The summed E-state index contributed by atoms with van der Waals surface area (Å²) < 4.78 is 11.4. The van der Waals surface area contributed by atoms with Crippen molar-refractivity contribution in [1.29, 1.82) is 0 Å². The van der Waals surface area contributed by atoms with Crippen LogP contribution in [0.1, 0.15) is 27.9 Å². The van der Waals surface area contributed by atoms with Gasteiger partial charge in [0.15, 0.2) is 0 Å². The van der Waals surface area contributed by atoms with Gasteiger partial charge in [0.05, 0.1) is 12.8 Å². The van der Waals surface area contributed by atoms with E-state index in [2.05, 4.69) is 31.0 Å². The second-order valence-electron chi connectivity index (χ2n) is 5.06. The molecule has 0 aliphatic rings. The van der Waals surface area contributed by atoms with Crippen LogP contribution in [0, 0.1) is 27.7 Å². The fourth-order valence-electron chi connectivity index (χ4n) is 2.38. The number of nitrogens with zero attached hydrogens (tertiary/aromatic N) is 1. The zero-order valence-corrected chi connectivity index (χ0v) is 12.8. The Morgan fingerprint density at radius 2 is 1.60 bits per heavy atom. The van der Waals surface area contributed by atoms with Crippen molar-refractivity contribution in [2.45, 2.75) is 34.3 Å². The minimum absolute atomic E-state index is 0.453. The van der Waals surface area contributed by atoms with Crippen LogP contribution in [0.2, 0.25) is 0 Å². The average Bonchev–Trinajstić information content (AvgIpc) is 2.41. The predicted molar refractivity (Wildman–Crippen MR) is 80.5 cm³/mol. The molecule has 0 radical (unpaired) electrons.